The standard InChI is InChI=1S/C18H17BrN2O3/c19-13-5-1-10(2-6-13)8-20-14(22)9-21-17(23)15-11-3-4-12(7-11)16(15)18(21)24/h1-6,11-12,15-16H,7-9H2,(H,20,22)/t11-,12-,15-,16+/m0/s1. The maximum Gasteiger partial charge on any atom is 0.240 e. The third kappa shape index (κ3) is 2.49. The van der Waals surface area contributed by atoms with Crippen LogP contribution in [-0.2, 0) is 20.9 Å². The van der Waals surface area contributed by atoms with Gasteiger partial charge in [0.15, 0.2) is 0 Å². The second kappa shape index (κ2) is 5.84. The molecule has 6 heteroatoms. The van der Waals surface area contributed by atoms with Crippen molar-refractivity contribution in [3.05, 3.63) is 46.5 Å². The van der Waals surface area contributed by atoms with Crippen molar-refractivity contribution in [2.75, 3.05) is 6.54 Å². The van der Waals surface area contributed by atoms with Gasteiger partial charge in [-0.3, -0.25) is 19.3 Å². The molecule has 0 spiro atoms. The van der Waals surface area contributed by atoms with Gasteiger partial charge in [-0.25, -0.2) is 0 Å². The molecule has 124 valence electrons. The van der Waals surface area contributed by atoms with Gasteiger partial charge in [0.25, 0.3) is 0 Å². The van der Waals surface area contributed by atoms with E-state index in [0.29, 0.717) is 6.54 Å². The number of hydrogen-bond acceptors (Lipinski definition) is 3. The number of fused-ring (bicyclic) bond motifs is 5. The lowest BCUT2D eigenvalue weighted by molar-refractivity contribution is -0.144. The van der Waals surface area contributed by atoms with Gasteiger partial charge in [-0.15, -0.1) is 0 Å². The first-order valence-corrected chi connectivity index (χ1v) is 8.88. The van der Waals surface area contributed by atoms with Crippen LogP contribution in [0.15, 0.2) is 40.9 Å². The molecule has 1 aromatic carbocycles. The molecule has 4 rings (SSSR count). The Bertz CT molecular complexity index is 713. The number of nitrogens with zero attached hydrogens (tertiary/aromatic N) is 1. The number of carbonyl (C=O) groups excluding carboxylic acids is 3. The summed E-state index contributed by atoms with van der Waals surface area (Å²) in [6.45, 7) is 0.197. The molecular weight excluding hydrogens is 372 g/mol. The van der Waals surface area contributed by atoms with Gasteiger partial charge >= 0.3 is 0 Å². The van der Waals surface area contributed by atoms with E-state index in [9.17, 15) is 14.4 Å². The number of amides is 3. The molecule has 0 aromatic heterocycles. The maximum absolute atomic E-state index is 12.5. The Morgan fingerprint density at radius 2 is 1.67 bits per heavy atom. The van der Waals surface area contributed by atoms with Crippen molar-refractivity contribution >= 4 is 33.7 Å². The summed E-state index contributed by atoms with van der Waals surface area (Å²) in [7, 11) is 0. The van der Waals surface area contributed by atoms with Crippen molar-refractivity contribution in [2.45, 2.75) is 13.0 Å². The number of nitrogens with one attached hydrogen (secondary N) is 1. The minimum Gasteiger partial charge on any atom is -0.350 e. The Balaban J connectivity index is 1.37. The SMILES string of the molecule is O=C(CN1C(=O)[C@@H]2[C@H](C1=O)[C@H]1C=C[C@H]2C1)NCc1ccc(Br)cc1. The topological polar surface area (TPSA) is 66.5 Å². The van der Waals surface area contributed by atoms with Crippen LogP contribution < -0.4 is 5.32 Å². The fourth-order valence-electron chi connectivity index (χ4n) is 4.12. The second-order valence-electron chi connectivity index (χ2n) is 6.67. The van der Waals surface area contributed by atoms with Gasteiger partial charge in [0.1, 0.15) is 6.54 Å². The molecule has 3 amide bonds. The number of carbonyl (C=O) groups is 3. The molecule has 1 heterocycles. The van der Waals surface area contributed by atoms with Crippen LogP contribution in [0.5, 0.6) is 0 Å². The minimum absolute atomic E-state index is 0.173. The number of rotatable bonds is 4. The van der Waals surface area contributed by atoms with E-state index in [4.69, 9.17) is 0 Å². The van der Waals surface area contributed by atoms with E-state index >= 15 is 0 Å². The zero-order chi connectivity index (χ0) is 16.8. The maximum atomic E-state index is 12.5. The number of allylic oxidation sites excluding steroid dienone is 2. The first kappa shape index (κ1) is 15.6. The van der Waals surface area contributed by atoms with Gasteiger partial charge in [-0.1, -0.05) is 40.2 Å². The van der Waals surface area contributed by atoms with Crippen molar-refractivity contribution in [2.24, 2.45) is 23.7 Å². The van der Waals surface area contributed by atoms with Gasteiger partial charge in [-0.2, -0.15) is 0 Å². The van der Waals surface area contributed by atoms with E-state index < -0.39 is 0 Å². The molecule has 4 atom stereocenters. The van der Waals surface area contributed by atoms with E-state index in [1.165, 1.54) is 0 Å². The monoisotopic (exact) mass is 388 g/mol. The van der Waals surface area contributed by atoms with Crippen molar-refractivity contribution in [1.29, 1.82) is 0 Å². The molecule has 1 saturated carbocycles. The highest BCUT2D eigenvalue weighted by molar-refractivity contribution is 9.10. The molecular formula is C18H17BrN2O3. The van der Waals surface area contributed by atoms with Crippen molar-refractivity contribution < 1.29 is 14.4 Å². The Hall–Kier alpha value is -1.95. The Kier molecular flexibility index (Phi) is 3.79. The highest BCUT2D eigenvalue weighted by atomic mass is 79.9. The summed E-state index contributed by atoms with van der Waals surface area (Å²) in [5.41, 5.74) is 0.963. The van der Waals surface area contributed by atoms with Gasteiger partial charge in [0.2, 0.25) is 17.7 Å². The summed E-state index contributed by atoms with van der Waals surface area (Å²) >= 11 is 3.36. The van der Waals surface area contributed by atoms with E-state index in [1.807, 2.05) is 36.4 Å². The highest BCUT2D eigenvalue weighted by Crippen LogP contribution is 2.52. The highest BCUT2D eigenvalue weighted by Gasteiger charge is 2.59. The summed E-state index contributed by atoms with van der Waals surface area (Å²) in [4.78, 5) is 38.3. The van der Waals surface area contributed by atoms with Gasteiger partial charge in [0.05, 0.1) is 11.8 Å². The Morgan fingerprint density at radius 1 is 1.08 bits per heavy atom. The zero-order valence-corrected chi connectivity index (χ0v) is 14.5. The second-order valence-corrected chi connectivity index (χ2v) is 7.58. The van der Waals surface area contributed by atoms with Gasteiger partial charge < -0.3 is 5.32 Å². The molecule has 0 unspecified atom stereocenters. The number of halogens is 1. The molecule has 2 fully saturated rings. The Labute approximate surface area is 148 Å². The first-order chi connectivity index (χ1) is 11.5. The number of imide groups is 1. The van der Waals surface area contributed by atoms with Crippen LogP contribution in [-0.4, -0.2) is 29.2 Å². The van der Waals surface area contributed by atoms with E-state index in [-0.39, 0.29) is 47.9 Å². The summed E-state index contributed by atoms with van der Waals surface area (Å²) in [5.74, 6) is -0.806. The number of benzene rings is 1. The lowest BCUT2D eigenvalue weighted by Gasteiger charge is -2.16. The summed E-state index contributed by atoms with van der Waals surface area (Å²) < 4.78 is 0.973. The fourth-order valence-corrected chi connectivity index (χ4v) is 4.39. The number of hydrogen-bond donors (Lipinski definition) is 1. The van der Waals surface area contributed by atoms with Crippen LogP contribution >= 0.6 is 15.9 Å². The largest absolute Gasteiger partial charge is 0.350 e. The average molecular weight is 389 g/mol. The van der Waals surface area contributed by atoms with Crippen molar-refractivity contribution in [3.63, 3.8) is 0 Å². The van der Waals surface area contributed by atoms with Crippen LogP contribution in [0.2, 0.25) is 0 Å². The molecule has 1 aromatic rings. The first-order valence-electron chi connectivity index (χ1n) is 8.09. The smallest absolute Gasteiger partial charge is 0.240 e. The van der Waals surface area contributed by atoms with Crippen LogP contribution in [0, 0.1) is 23.7 Å². The van der Waals surface area contributed by atoms with Crippen molar-refractivity contribution in [1.82, 2.24) is 10.2 Å². The predicted octanol–water partition coefficient (Wildman–Crippen LogP) is 1.87. The van der Waals surface area contributed by atoms with Gasteiger partial charge in [0, 0.05) is 11.0 Å². The predicted molar refractivity (Wildman–Crippen MR) is 90.4 cm³/mol. The lowest BCUT2D eigenvalue weighted by Crippen LogP contribution is -2.41. The van der Waals surface area contributed by atoms with E-state index in [2.05, 4.69) is 21.2 Å². The molecule has 2 aliphatic carbocycles. The fraction of sp³-hybridized carbons (Fsp3) is 0.389. The molecule has 2 bridgehead atoms. The van der Waals surface area contributed by atoms with Crippen molar-refractivity contribution in [3.8, 4) is 0 Å². The van der Waals surface area contributed by atoms with Crippen LogP contribution in [0.4, 0.5) is 0 Å². The molecule has 5 nitrogen and oxygen atoms in total. The normalized spacial score (nSPS) is 30.1. The number of likely N-dealkylation sites (tertiary alicyclic amines) is 1. The molecule has 1 N–H and O–H groups in total. The van der Waals surface area contributed by atoms with Crippen LogP contribution in [0.25, 0.3) is 0 Å². The van der Waals surface area contributed by atoms with Crippen LogP contribution in [0.1, 0.15) is 12.0 Å². The third-order valence-corrected chi connectivity index (χ3v) is 5.79. The zero-order valence-electron chi connectivity index (χ0n) is 12.9. The van der Waals surface area contributed by atoms with Crippen LogP contribution in [0.3, 0.4) is 0 Å². The summed E-state index contributed by atoms with van der Waals surface area (Å²) in [6, 6.07) is 7.62. The lowest BCUT2D eigenvalue weighted by atomic mass is 9.85. The summed E-state index contributed by atoms with van der Waals surface area (Å²) in [5, 5.41) is 2.77. The third-order valence-electron chi connectivity index (χ3n) is 5.27. The molecule has 1 aliphatic heterocycles. The molecule has 3 aliphatic rings. The quantitative estimate of drug-likeness (QED) is 0.632. The molecule has 1 saturated heterocycles. The van der Waals surface area contributed by atoms with Gasteiger partial charge in [-0.05, 0) is 36.0 Å². The Morgan fingerprint density at radius 3 is 2.25 bits per heavy atom. The summed E-state index contributed by atoms with van der Waals surface area (Å²) in [6.07, 6.45) is 5.00. The van der Waals surface area contributed by atoms with E-state index in [1.54, 1.807) is 0 Å². The average Bonchev–Trinajstić information content (AvgIpc) is 3.24. The minimum atomic E-state index is -0.306. The van der Waals surface area contributed by atoms with E-state index in [0.717, 1.165) is 21.4 Å². The molecule has 24 heavy (non-hydrogen) atoms. The molecule has 0 radical (unpaired) electrons.